The Kier molecular flexibility index (Phi) is 5.61. The highest BCUT2D eigenvalue weighted by Crippen LogP contribution is 2.32. The summed E-state index contributed by atoms with van der Waals surface area (Å²) in [5.41, 5.74) is 0.494. The normalized spacial score (nSPS) is 16.6. The summed E-state index contributed by atoms with van der Waals surface area (Å²) >= 11 is 0. The highest BCUT2D eigenvalue weighted by Gasteiger charge is 2.30. The molecule has 0 aromatic heterocycles. The first-order valence-electron chi connectivity index (χ1n) is 9.46. The van der Waals surface area contributed by atoms with Crippen molar-refractivity contribution in [3.05, 3.63) is 64.2 Å². The zero-order chi connectivity index (χ0) is 22.0. The van der Waals surface area contributed by atoms with Crippen LogP contribution in [-0.2, 0) is 14.8 Å². The first-order chi connectivity index (χ1) is 14.8. The van der Waals surface area contributed by atoms with E-state index in [0.717, 1.165) is 11.6 Å². The topological polar surface area (TPSA) is 119 Å². The number of non-ortho nitro benzene ring substituents is 1. The molecule has 2 aliphatic rings. The van der Waals surface area contributed by atoms with Crippen molar-refractivity contribution in [2.75, 3.05) is 33.0 Å². The third-order valence-electron chi connectivity index (χ3n) is 5.03. The number of carbonyl (C=O) groups excluding carboxylic acids is 1. The lowest BCUT2D eigenvalue weighted by atomic mass is 10.2. The molecule has 162 valence electrons. The van der Waals surface area contributed by atoms with E-state index in [4.69, 9.17) is 9.47 Å². The van der Waals surface area contributed by atoms with Crippen molar-refractivity contribution in [2.24, 2.45) is 0 Å². The third kappa shape index (κ3) is 4.37. The van der Waals surface area contributed by atoms with E-state index in [0.29, 0.717) is 11.5 Å². The molecule has 0 bridgehead atoms. The summed E-state index contributed by atoms with van der Waals surface area (Å²) in [5, 5.41) is 10.9. The van der Waals surface area contributed by atoms with Crippen molar-refractivity contribution in [2.45, 2.75) is 4.90 Å². The van der Waals surface area contributed by atoms with Crippen LogP contribution in [0.25, 0.3) is 6.08 Å². The number of hydrogen-bond donors (Lipinski definition) is 0. The van der Waals surface area contributed by atoms with Crippen LogP contribution in [0.4, 0.5) is 5.69 Å². The Bertz CT molecular complexity index is 1160. The Balaban J connectivity index is 1.38. The zero-order valence-corrected chi connectivity index (χ0v) is 17.2. The number of ether oxygens (including phenoxy) is 2. The first kappa shape index (κ1) is 20.8. The predicted molar refractivity (Wildman–Crippen MR) is 110 cm³/mol. The number of sulfonamides is 1. The number of carbonyl (C=O) groups is 1. The smallest absolute Gasteiger partial charge is 0.270 e. The SMILES string of the molecule is O=C(/C=C/c1ccc2c(c1)OCO2)N1CCN(S(=O)(=O)c2cccc([N+](=O)[O-])c2)CC1. The lowest BCUT2D eigenvalue weighted by molar-refractivity contribution is -0.385. The van der Waals surface area contributed by atoms with Crippen molar-refractivity contribution < 1.29 is 27.6 Å². The van der Waals surface area contributed by atoms with Crippen LogP contribution in [-0.4, -0.2) is 61.4 Å². The minimum Gasteiger partial charge on any atom is -0.454 e. The van der Waals surface area contributed by atoms with Gasteiger partial charge in [-0.3, -0.25) is 14.9 Å². The molecule has 4 rings (SSSR count). The van der Waals surface area contributed by atoms with Gasteiger partial charge in [0.15, 0.2) is 11.5 Å². The molecule has 1 amide bonds. The predicted octanol–water partition coefficient (Wildman–Crippen LogP) is 1.87. The van der Waals surface area contributed by atoms with Crippen molar-refractivity contribution in [3.63, 3.8) is 0 Å². The van der Waals surface area contributed by atoms with Gasteiger partial charge in [0.1, 0.15) is 0 Å². The molecule has 0 saturated carbocycles. The first-order valence-corrected chi connectivity index (χ1v) is 10.9. The standard InChI is InChI=1S/C20H19N3O7S/c24-20(7-5-15-4-6-18-19(12-15)30-14-29-18)21-8-10-22(11-9-21)31(27,28)17-3-1-2-16(13-17)23(25)26/h1-7,12-13H,8-11,14H2/b7-5+. The number of rotatable bonds is 5. The Hall–Kier alpha value is -3.44. The maximum absolute atomic E-state index is 12.8. The lowest BCUT2D eigenvalue weighted by Crippen LogP contribution is -2.50. The van der Waals surface area contributed by atoms with Gasteiger partial charge in [0.2, 0.25) is 22.7 Å². The van der Waals surface area contributed by atoms with Gasteiger partial charge in [0.05, 0.1) is 9.82 Å². The van der Waals surface area contributed by atoms with Crippen LogP contribution in [0.2, 0.25) is 0 Å². The average molecular weight is 445 g/mol. The summed E-state index contributed by atoms with van der Waals surface area (Å²) < 4.78 is 37.4. The van der Waals surface area contributed by atoms with E-state index in [1.54, 1.807) is 29.2 Å². The lowest BCUT2D eigenvalue weighted by Gasteiger charge is -2.33. The molecular formula is C20H19N3O7S. The quantitative estimate of drug-likeness (QED) is 0.391. The van der Waals surface area contributed by atoms with E-state index < -0.39 is 14.9 Å². The number of fused-ring (bicyclic) bond motifs is 1. The van der Waals surface area contributed by atoms with E-state index in [-0.39, 0.29) is 49.5 Å². The van der Waals surface area contributed by atoms with Gasteiger partial charge in [0, 0.05) is 44.4 Å². The molecule has 0 unspecified atom stereocenters. The van der Waals surface area contributed by atoms with Gasteiger partial charge in [-0.2, -0.15) is 4.31 Å². The van der Waals surface area contributed by atoms with Crippen LogP contribution < -0.4 is 9.47 Å². The number of nitrogens with zero attached hydrogens (tertiary/aromatic N) is 3. The minimum absolute atomic E-state index is 0.106. The molecule has 2 aromatic rings. The molecule has 2 aromatic carbocycles. The fourth-order valence-corrected chi connectivity index (χ4v) is 4.81. The van der Waals surface area contributed by atoms with Crippen LogP contribution >= 0.6 is 0 Å². The van der Waals surface area contributed by atoms with Crippen molar-refractivity contribution in [1.29, 1.82) is 0 Å². The molecule has 0 aliphatic carbocycles. The molecule has 11 heteroatoms. The highest BCUT2D eigenvalue weighted by atomic mass is 32.2. The molecule has 0 N–H and O–H groups in total. The van der Waals surface area contributed by atoms with Gasteiger partial charge in [-0.05, 0) is 29.8 Å². The maximum atomic E-state index is 12.8. The number of benzene rings is 2. The molecule has 0 spiro atoms. The Morgan fingerprint density at radius 2 is 1.77 bits per heavy atom. The molecule has 2 heterocycles. The van der Waals surface area contributed by atoms with E-state index in [9.17, 15) is 23.3 Å². The fourth-order valence-electron chi connectivity index (χ4n) is 3.35. The molecule has 0 radical (unpaired) electrons. The van der Waals surface area contributed by atoms with Crippen LogP contribution in [0.3, 0.4) is 0 Å². The summed E-state index contributed by atoms with van der Waals surface area (Å²) in [4.78, 5) is 24.2. The molecular weight excluding hydrogens is 426 g/mol. The second-order valence-electron chi connectivity index (χ2n) is 6.93. The van der Waals surface area contributed by atoms with E-state index >= 15 is 0 Å². The zero-order valence-electron chi connectivity index (χ0n) is 16.3. The minimum atomic E-state index is -3.88. The summed E-state index contributed by atoms with van der Waals surface area (Å²) in [7, 11) is -3.88. The molecule has 1 saturated heterocycles. The van der Waals surface area contributed by atoms with Crippen molar-refractivity contribution >= 4 is 27.7 Å². The summed E-state index contributed by atoms with van der Waals surface area (Å²) in [6.07, 6.45) is 3.10. The average Bonchev–Trinajstić information content (AvgIpc) is 3.25. The van der Waals surface area contributed by atoms with Gasteiger partial charge in [-0.25, -0.2) is 8.42 Å². The van der Waals surface area contributed by atoms with Crippen LogP contribution in [0.5, 0.6) is 11.5 Å². The van der Waals surface area contributed by atoms with Crippen LogP contribution in [0.15, 0.2) is 53.4 Å². The molecule has 1 fully saturated rings. The summed E-state index contributed by atoms with van der Waals surface area (Å²) in [5.74, 6) is 1.05. The van der Waals surface area contributed by atoms with E-state index in [2.05, 4.69) is 0 Å². The third-order valence-corrected chi connectivity index (χ3v) is 6.93. The van der Waals surface area contributed by atoms with E-state index in [1.807, 2.05) is 0 Å². The number of nitro groups is 1. The molecule has 31 heavy (non-hydrogen) atoms. The number of hydrogen-bond acceptors (Lipinski definition) is 7. The van der Waals surface area contributed by atoms with Crippen molar-refractivity contribution in [3.8, 4) is 11.5 Å². The Labute approximate surface area is 178 Å². The number of nitro benzene ring substituents is 1. The summed E-state index contributed by atoms with van der Waals surface area (Å²) in [6.45, 7) is 0.825. The second-order valence-corrected chi connectivity index (χ2v) is 8.87. The van der Waals surface area contributed by atoms with E-state index in [1.165, 1.54) is 28.6 Å². The fraction of sp³-hybridized carbons (Fsp3) is 0.250. The van der Waals surface area contributed by atoms with Crippen LogP contribution in [0, 0.1) is 10.1 Å². The number of piperazine rings is 1. The molecule has 2 aliphatic heterocycles. The molecule has 10 nitrogen and oxygen atoms in total. The Morgan fingerprint density at radius 1 is 1.03 bits per heavy atom. The monoisotopic (exact) mass is 445 g/mol. The van der Waals surface area contributed by atoms with Gasteiger partial charge >= 0.3 is 0 Å². The number of amides is 1. The van der Waals surface area contributed by atoms with Gasteiger partial charge in [-0.1, -0.05) is 12.1 Å². The van der Waals surface area contributed by atoms with Gasteiger partial charge in [0.25, 0.3) is 5.69 Å². The highest BCUT2D eigenvalue weighted by molar-refractivity contribution is 7.89. The maximum Gasteiger partial charge on any atom is 0.270 e. The van der Waals surface area contributed by atoms with Crippen LogP contribution in [0.1, 0.15) is 5.56 Å². The molecule has 0 atom stereocenters. The van der Waals surface area contributed by atoms with Gasteiger partial charge in [-0.15, -0.1) is 0 Å². The Morgan fingerprint density at radius 3 is 2.52 bits per heavy atom. The van der Waals surface area contributed by atoms with Crippen molar-refractivity contribution in [1.82, 2.24) is 9.21 Å². The summed E-state index contributed by atoms with van der Waals surface area (Å²) in [6, 6.07) is 10.3. The van der Waals surface area contributed by atoms with Gasteiger partial charge < -0.3 is 14.4 Å². The second kappa shape index (κ2) is 8.36. The largest absolute Gasteiger partial charge is 0.454 e.